The molecule has 31 heavy (non-hydrogen) atoms. The molecule has 1 aliphatic heterocycles. The van der Waals surface area contributed by atoms with Crippen molar-refractivity contribution >= 4 is 6.03 Å². The highest BCUT2D eigenvalue weighted by molar-refractivity contribution is 5.74. The Balaban J connectivity index is 2.51. The molecule has 0 saturated carbocycles. The van der Waals surface area contributed by atoms with Gasteiger partial charge in [-0.05, 0) is 73.9 Å². The highest BCUT2D eigenvalue weighted by Gasteiger charge is 2.27. The number of benzene rings is 2. The molecule has 1 heterocycles. The van der Waals surface area contributed by atoms with Gasteiger partial charge in [-0.15, -0.1) is 0 Å². The predicted molar refractivity (Wildman–Crippen MR) is 121 cm³/mol. The molecule has 0 radical (unpaired) electrons. The summed E-state index contributed by atoms with van der Waals surface area (Å²) in [4.78, 5) is 12.3. The molecule has 2 aromatic carbocycles. The Hall–Kier alpha value is -2.60. The molecule has 0 aliphatic carbocycles. The van der Waals surface area contributed by atoms with Crippen molar-refractivity contribution in [3.63, 3.8) is 0 Å². The van der Waals surface area contributed by atoms with Crippen LogP contribution < -0.4 is 10.1 Å². The summed E-state index contributed by atoms with van der Waals surface area (Å²) >= 11 is 0. The van der Waals surface area contributed by atoms with E-state index in [1.165, 1.54) is 0 Å². The molecule has 168 valence electrons. The number of rotatable bonds is 8. The number of carbonyl (C=O) groups is 1. The monoisotopic (exact) mass is 460 g/mol. The first-order chi connectivity index (χ1) is 27.9. The molecule has 2 amide bonds. The number of likely N-dealkylation sites (tertiary alicyclic amines) is 1. The number of carbonyl (C=O) groups excluding carboxylic acids is 1. The summed E-state index contributed by atoms with van der Waals surface area (Å²) in [6.07, 6.45) is -9.64. The second kappa shape index (κ2) is 11.1. The van der Waals surface area contributed by atoms with E-state index in [0.29, 0.717) is 0 Å². The second-order valence-corrected chi connectivity index (χ2v) is 5.13. The van der Waals surface area contributed by atoms with Gasteiger partial charge < -0.3 is 19.9 Å². The van der Waals surface area contributed by atoms with Crippen LogP contribution in [0.15, 0.2) is 48.3 Å². The Labute approximate surface area is 231 Å². The number of hydrogen-bond acceptors (Lipinski definition) is 3. The molecule has 0 atom stereocenters. The van der Waals surface area contributed by atoms with Gasteiger partial charge in [0.1, 0.15) is 11.6 Å². The summed E-state index contributed by atoms with van der Waals surface area (Å²) in [5.74, 6) is -7.90. The Bertz CT molecular complexity index is 2110. The van der Waals surface area contributed by atoms with E-state index in [2.05, 4.69) is 0 Å². The fourth-order valence-electron chi connectivity index (χ4n) is 1.75. The van der Waals surface area contributed by atoms with Gasteiger partial charge in [0.05, 0.1) is 27.1 Å². The molecule has 0 unspecified atom stereocenters. The van der Waals surface area contributed by atoms with E-state index in [-0.39, 0.29) is 0 Å². The van der Waals surface area contributed by atoms with Crippen LogP contribution in [0.1, 0.15) is 82.8 Å². The van der Waals surface area contributed by atoms with Crippen LogP contribution in [0, 0.1) is 11.7 Å². The van der Waals surface area contributed by atoms with E-state index in [4.69, 9.17) is 48.6 Å². The topological polar surface area (TPSA) is 44.8 Å². The first-order valence-corrected chi connectivity index (χ1v) is 7.89. The Kier molecular flexibility index (Phi) is 1.91. The third kappa shape index (κ3) is 7.24. The van der Waals surface area contributed by atoms with Crippen LogP contribution in [-0.2, 0) is 13.0 Å². The maximum absolute atomic E-state index is 14.7. The van der Waals surface area contributed by atoms with Crippen LogP contribution in [0.2, 0.25) is 0 Å². The minimum atomic E-state index is -5.03. The van der Waals surface area contributed by atoms with Crippen molar-refractivity contribution in [2.24, 2.45) is 5.89 Å². The smallest absolute Gasteiger partial charge is 0.318 e. The molecule has 0 aromatic heterocycles. The second-order valence-electron chi connectivity index (χ2n) is 5.13. The molecule has 0 spiro atoms. The van der Waals surface area contributed by atoms with E-state index in [0.717, 1.165) is 5.32 Å². The lowest BCUT2D eigenvalue weighted by molar-refractivity contribution is 0.127. The summed E-state index contributed by atoms with van der Waals surface area (Å²) in [6.45, 7) is -34.6. The Morgan fingerprint density at radius 1 is 1.32 bits per heavy atom. The molecule has 5 nitrogen and oxygen atoms in total. The number of ether oxygens (including phenoxy) is 1. The SMILES string of the molecule is [2H]c1c([2H])c(C([2H])([2H])N(C(=O)NC([2H])([2H])c2c([2H])c([2H])c(OC([2H])([2H])C([2H])(C([2H])([2H])[2H])C([2H])([2H])[2H])c([2H])c2[2H])C2([2H])C([2H])([2H])C([2H])([2H])N(C([2H])([2H])[2H])C([2H])([2H])C2([2H])[2H])c([2H])c([2H])c1F. The van der Waals surface area contributed by atoms with Crippen molar-refractivity contribution < 1.29 is 59.2 Å². The lowest BCUT2D eigenvalue weighted by Gasteiger charge is -2.37. The molecule has 1 N–H and O–H groups in total. The number of amides is 2. The van der Waals surface area contributed by atoms with Gasteiger partial charge in [0.15, 0.2) is 0 Å². The number of nitrogens with one attached hydrogen (secondary N) is 1. The van der Waals surface area contributed by atoms with Gasteiger partial charge in [-0.2, -0.15) is 0 Å². The van der Waals surface area contributed by atoms with E-state index in [1.54, 1.807) is 0 Å². The number of nitrogens with zero attached hydrogens (tertiary/aromatic N) is 2. The highest BCUT2D eigenvalue weighted by atomic mass is 19.1. The van der Waals surface area contributed by atoms with Crippen LogP contribution in [0.5, 0.6) is 5.75 Å². The normalized spacial score (nSPS) is 41.1. The van der Waals surface area contributed by atoms with Crippen molar-refractivity contribution in [3.05, 3.63) is 65.3 Å². The maximum Gasteiger partial charge on any atom is 0.318 e. The zero-order valence-corrected chi connectivity index (χ0v) is 15.1. The van der Waals surface area contributed by atoms with E-state index in [9.17, 15) is 10.6 Å². The van der Waals surface area contributed by atoms with Gasteiger partial charge in [0.25, 0.3) is 0 Å². The molecular formula is C25H34FN3O2. The molecule has 1 saturated heterocycles. The number of halogens is 1. The quantitative estimate of drug-likeness (QED) is 0.623. The third-order valence-electron chi connectivity index (χ3n) is 2.97. The van der Waals surface area contributed by atoms with Crippen molar-refractivity contribution in [1.29, 1.82) is 0 Å². The molecular weight excluding hydrogens is 393 g/mol. The summed E-state index contributed by atoms with van der Waals surface area (Å²) < 4.78 is 291. The highest BCUT2D eigenvalue weighted by Crippen LogP contribution is 2.19. The van der Waals surface area contributed by atoms with Crippen LogP contribution in [0.3, 0.4) is 0 Å². The minimum Gasteiger partial charge on any atom is -0.493 e. The fraction of sp³-hybridized carbons (Fsp3) is 0.480. The first-order valence-electron chi connectivity index (χ1n) is 24.4. The van der Waals surface area contributed by atoms with E-state index >= 15 is 0 Å². The van der Waals surface area contributed by atoms with E-state index < -0.39 is 165 Å². The zero-order valence-electron chi connectivity index (χ0n) is 48.1. The van der Waals surface area contributed by atoms with Crippen molar-refractivity contribution in [2.75, 3.05) is 26.5 Å². The molecule has 2 aromatic rings. The van der Waals surface area contributed by atoms with Crippen LogP contribution in [0.25, 0.3) is 0 Å². The average Bonchev–Trinajstić information content (AvgIpc) is 3.07. The zero-order chi connectivity index (χ0) is 51.1. The third-order valence-corrected chi connectivity index (χ3v) is 2.97. The van der Waals surface area contributed by atoms with Gasteiger partial charge in [0, 0.05) is 43.7 Å². The number of piperidine rings is 1. The van der Waals surface area contributed by atoms with Crippen LogP contribution in [-0.4, -0.2) is 48.4 Å². The largest absolute Gasteiger partial charge is 0.493 e. The summed E-state index contributed by atoms with van der Waals surface area (Å²) in [6, 6.07) is -21.8. The van der Waals surface area contributed by atoms with Gasteiger partial charge in [-0.3, -0.25) is 0 Å². The lowest BCUT2D eigenvalue weighted by Crippen LogP contribution is -2.49. The average molecular weight is 461 g/mol. The van der Waals surface area contributed by atoms with Crippen molar-refractivity contribution in [1.82, 2.24) is 15.1 Å². The molecule has 1 fully saturated rings. The van der Waals surface area contributed by atoms with Crippen LogP contribution >= 0.6 is 0 Å². The van der Waals surface area contributed by atoms with Crippen LogP contribution in [0.4, 0.5) is 9.18 Å². The summed E-state index contributed by atoms with van der Waals surface area (Å²) in [5, 5.41) is 1.16. The summed E-state index contributed by atoms with van der Waals surface area (Å²) in [5.41, 5.74) is -3.64. The number of hydrogen-bond donors (Lipinski definition) is 1. The Morgan fingerprint density at radius 2 is 2.00 bits per heavy atom. The minimum absolute atomic E-state index is 1.02. The molecule has 1 aliphatic rings. The molecule has 6 heteroatoms. The molecule has 0 bridgehead atoms. The van der Waals surface area contributed by atoms with Gasteiger partial charge >= 0.3 is 6.03 Å². The first kappa shape index (κ1) is 5.30. The molecule has 3 rings (SSSR count). The maximum atomic E-state index is 14.7. The van der Waals surface area contributed by atoms with E-state index in [1.807, 2.05) is 0 Å². The predicted octanol–water partition coefficient (Wildman–Crippen LogP) is 4.67. The Morgan fingerprint density at radius 3 is 2.65 bits per heavy atom. The number of urea groups is 1. The standard InChI is InChI=1S/C25H34FN3O2/c1-19(2)18-31-24-10-6-20(7-11-24)16-27-25(30)29(23-12-14-28(3)15-13-23)17-21-4-8-22(26)9-5-21/h4-11,19,23H,12-18H2,1-3H3,(H,27,30)/i1D3,2D3,3D3,4D,5D,6D,7D,8D,9D,10D,11D,12D2,13D2,14D2,15D2,16D2,17D2,18D2,19D,23D. The van der Waals surface area contributed by atoms with Gasteiger partial charge in [0.2, 0.25) is 0 Å². The van der Waals surface area contributed by atoms with Crippen molar-refractivity contribution in [3.8, 4) is 5.75 Å². The van der Waals surface area contributed by atoms with Gasteiger partial charge in [-0.25, -0.2) is 9.18 Å². The fourth-order valence-corrected chi connectivity index (χ4v) is 1.75. The lowest BCUT2D eigenvalue weighted by atomic mass is 10.0. The van der Waals surface area contributed by atoms with Gasteiger partial charge in [-0.1, -0.05) is 37.9 Å². The summed E-state index contributed by atoms with van der Waals surface area (Å²) in [7, 11) is 0. The van der Waals surface area contributed by atoms with Crippen molar-refractivity contribution in [2.45, 2.75) is 45.5 Å².